The number of para-hydroxylation sites is 1. The van der Waals surface area contributed by atoms with E-state index >= 15 is 0 Å². The number of benzene rings is 1. The maximum absolute atomic E-state index is 5.73. The molecule has 1 aromatic heterocycles. The summed E-state index contributed by atoms with van der Waals surface area (Å²) in [5.74, 6) is 1.85. The Bertz CT molecular complexity index is 441. The Hall–Kier alpha value is -1.22. The molecule has 3 nitrogen and oxygen atoms in total. The van der Waals surface area contributed by atoms with Crippen molar-refractivity contribution in [2.45, 2.75) is 6.92 Å². The lowest BCUT2D eigenvalue weighted by Gasteiger charge is -2.07. The smallest absolute Gasteiger partial charge is 0.177 e. The third kappa shape index (κ3) is 2.23. The van der Waals surface area contributed by atoms with Crippen LogP contribution in [0.25, 0.3) is 11.0 Å². The summed E-state index contributed by atoms with van der Waals surface area (Å²) in [5.41, 5.74) is 0.804. The quantitative estimate of drug-likeness (QED) is 0.811. The Kier molecular flexibility index (Phi) is 3.11. The molecule has 1 unspecified atom stereocenters. The van der Waals surface area contributed by atoms with Gasteiger partial charge in [-0.05, 0) is 18.1 Å². The summed E-state index contributed by atoms with van der Waals surface area (Å²) in [6, 6.07) is 7.78. The molecule has 0 amide bonds. The minimum Gasteiger partial charge on any atom is -0.366 e. The highest BCUT2D eigenvalue weighted by atomic mass is 35.5. The van der Waals surface area contributed by atoms with Crippen LogP contribution in [0.5, 0.6) is 0 Å². The maximum atomic E-state index is 5.73. The summed E-state index contributed by atoms with van der Waals surface area (Å²) in [7, 11) is 0. The molecule has 0 aliphatic rings. The zero-order valence-corrected chi connectivity index (χ0v) is 9.29. The normalized spacial score (nSPS) is 12.9. The number of rotatable bonds is 4. The van der Waals surface area contributed by atoms with Crippen molar-refractivity contribution >= 4 is 28.4 Å². The van der Waals surface area contributed by atoms with Crippen LogP contribution in [0.1, 0.15) is 6.92 Å². The van der Waals surface area contributed by atoms with Crippen LogP contribution in [0.2, 0.25) is 0 Å². The molecule has 1 atom stereocenters. The lowest BCUT2D eigenvalue weighted by atomic mass is 10.2. The van der Waals surface area contributed by atoms with E-state index in [4.69, 9.17) is 16.1 Å². The van der Waals surface area contributed by atoms with Gasteiger partial charge in [0.25, 0.3) is 0 Å². The van der Waals surface area contributed by atoms with Crippen molar-refractivity contribution in [3.05, 3.63) is 24.3 Å². The van der Waals surface area contributed by atoms with Gasteiger partial charge in [-0.3, -0.25) is 0 Å². The number of hydrogen-bond donors (Lipinski definition) is 1. The van der Waals surface area contributed by atoms with Gasteiger partial charge < -0.3 is 9.84 Å². The minimum absolute atomic E-state index is 0.419. The van der Waals surface area contributed by atoms with Crippen molar-refractivity contribution < 1.29 is 4.52 Å². The highest BCUT2D eigenvalue weighted by molar-refractivity contribution is 6.18. The first-order chi connectivity index (χ1) is 7.31. The standard InChI is InChI=1S/C11H13ClN2O/c1-8(6-12)7-13-11-9-4-2-3-5-10(9)15-14-11/h2-5,8H,6-7H2,1H3,(H,13,14). The molecule has 4 heteroatoms. The number of aromatic nitrogens is 1. The molecule has 2 aromatic rings. The van der Waals surface area contributed by atoms with E-state index in [1.807, 2.05) is 24.3 Å². The summed E-state index contributed by atoms with van der Waals surface area (Å²) in [6.45, 7) is 2.89. The molecule has 0 fully saturated rings. The van der Waals surface area contributed by atoms with E-state index in [1.165, 1.54) is 0 Å². The predicted octanol–water partition coefficient (Wildman–Crippen LogP) is 3.11. The third-order valence-electron chi connectivity index (χ3n) is 2.26. The molecule has 0 bridgehead atoms. The molecule has 0 saturated carbocycles. The lowest BCUT2D eigenvalue weighted by molar-refractivity contribution is 0.458. The molecule has 2 rings (SSSR count). The Morgan fingerprint density at radius 3 is 3.07 bits per heavy atom. The summed E-state index contributed by atoms with van der Waals surface area (Å²) in [4.78, 5) is 0. The van der Waals surface area contributed by atoms with E-state index in [0.29, 0.717) is 11.8 Å². The highest BCUT2D eigenvalue weighted by Crippen LogP contribution is 2.22. The zero-order chi connectivity index (χ0) is 10.7. The van der Waals surface area contributed by atoms with E-state index in [-0.39, 0.29) is 0 Å². The van der Waals surface area contributed by atoms with Gasteiger partial charge in [-0.1, -0.05) is 24.2 Å². The van der Waals surface area contributed by atoms with Crippen LogP contribution in [-0.2, 0) is 0 Å². The van der Waals surface area contributed by atoms with Gasteiger partial charge in [0.05, 0.1) is 5.39 Å². The Labute approximate surface area is 93.4 Å². The summed E-state index contributed by atoms with van der Waals surface area (Å²) in [6.07, 6.45) is 0. The van der Waals surface area contributed by atoms with Crippen molar-refractivity contribution in [1.29, 1.82) is 0 Å². The molecule has 1 N–H and O–H groups in total. The van der Waals surface area contributed by atoms with E-state index in [1.54, 1.807) is 0 Å². The van der Waals surface area contributed by atoms with E-state index < -0.39 is 0 Å². The minimum atomic E-state index is 0.419. The van der Waals surface area contributed by atoms with Crippen LogP contribution >= 0.6 is 11.6 Å². The van der Waals surface area contributed by atoms with E-state index in [9.17, 15) is 0 Å². The van der Waals surface area contributed by atoms with Gasteiger partial charge in [0.2, 0.25) is 0 Å². The van der Waals surface area contributed by atoms with Gasteiger partial charge in [0.1, 0.15) is 0 Å². The molecule has 1 heterocycles. The fraction of sp³-hybridized carbons (Fsp3) is 0.364. The topological polar surface area (TPSA) is 38.1 Å². The van der Waals surface area contributed by atoms with Gasteiger partial charge in [-0.25, -0.2) is 0 Å². The van der Waals surface area contributed by atoms with Crippen LogP contribution in [0.4, 0.5) is 5.82 Å². The molecule has 0 spiro atoms. The second-order valence-corrected chi connectivity index (χ2v) is 3.98. The van der Waals surface area contributed by atoms with Crippen molar-refractivity contribution in [3.8, 4) is 0 Å². The fourth-order valence-electron chi connectivity index (χ4n) is 1.34. The highest BCUT2D eigenvalue weighted by Gasteiger charge is 2.07. The van der Waals surface area contributed by atoms with E-state index in [0.717, 1.165) is 23.3 Å². The van der Waals surface area contributed by atoms with Crippen LogP contribution < -0.4 is 5.32 Å². The van der Waals surface area contributed by atoms with Gasteiger partial charge >= 0.3 is 0 Å². The first kappa shape index (κ1) is 10.3. The summed E-state index contributed by atoms with van der Waals surface area (Å²) >= 11 is 5.73. The number of fused-ring (bicyclic) bond motifs is 1. The monoisotopic (exact) mass is 224 g/mol. The Balaban J connectivity index is 2.14. The van der Waals surface area contributed by atoms with Crippen molar-refractivity contribution in [2.24, 2.45) is 5.92 Å². The molecule has 15 heavy (non-hydrogen) atoms. The summed E-state index contributed by atoms with van der Waals surface area (Å²) in [5, 5.41) is 8.21. The van der Waals surface area contributed by atoms with Crippen LogP contribution in [0.15, 0.2) is 28.8 Å². The van der Waals surface area contributed by atoms with E-state index in [2.05, 4.69) is 17.4 Å². The predicted molar refractivity (Wildman–Crippen MR) is 62.4 cm³/mol. The van der Waals surface area contributed by atoms with Crippen LogP contribution in [0.3, 0.4) is 0 Å². The number of nitrogens with one attached hydrogen (secondary N) is 1. The average molecular weight is 225 g/mol. The molecular weight excluding hydrogens is 212 g/mol. The van der Waals surface area contributed by atoms with Crippen molar-refractivity contribution in [2.75, 3.05) is 17.7 Å². The van der Waals surface area contributed by atoms with Crippen molar-refractivity contribution in [1.82, 2.24) is 5.16 Å². The molecular formula is C11H13ClN2O. The number of hydrogen-bond acceptors (Lipinski definition) is 3. The molecule has 0 saturated heterocycles. The number of alkyl halides is 1. The number of anilines is 1. The molecule has 0 radical (unpaired) electrons. The third-order valence-corrected chi connectivity index (χ3v) is 2.79. The molecule has 0 aliphatic carbocycles. The van der Waals surface area contributed by atoms with Crippen LogP contribution in [-0.4, -0.2) is 17.6 Å². The van der Waals surface area contributed by atoms with Crippen LogP contribution in [0, 0.1) is 5.92 Å². The second-order valence-electron chi connectivity index (χ2n) is 3.67. The van der Waals surface area contributed by atoms with Gasteiger partial charge in [0.15, 0.2) is 11.4 Å². The second kappa shape index (κ2) is 4.53. The molecule has 80 valence electrons. The first-order valence-corrected chi connectivity index (χ1v) is 5.49. The molecule has 0 aliphatic heterocycles. The van der Waals surface area contributed by atoms with Gasteiger partial charge in [0, 0.05) is 12.4 Å². The first-order valence-electron chi connectivity index (χ1n) is 4.95. The number of halogens is 1. The zero-order valence-electron chi connectivity index (χ0n) is 8.53. The maximum Gasteiger partial charge on any atom is 0.177 e. The Morgan fingerprint density at radius 1 is 1.47 bits per heavy atom. The van der Waals surface area contributed by atoms with Crippen molar-refractivity contribution in [3.63, 3.8) is 0 Å². The van der Waals surface area contributed by atoms with Gasteiger partial charge in [-0.15, -0.1) is 11.6 Å². The molecule has 1 aromatic carbocycles. The SMILES string of the molecule is CC(CCl)CNc1noc2ccccc12. The largest absolute Gasteiger partial charge is 0.366 e. The fourth-order valence-corrected chi connectivity index (χ4v) is 1.45. The number of nitrogens with zero attached hydrogens (tertiary/aromatic N) is 1. The van der Waals surface area contributed by atoms with Gasteiger partial charge in [-0.2, -0.15) is 0 Å². The average Bonchev–Trinajstić information content (AvgIpc) is 2.69. The Morgan fingerprint density at radius 2 is 2.27 bits per heavy atom. The summed E-state index contributed by atoms with van der Waals surface area (Å²) < 4.78 is 5.17. The lowest BCUT2D eigenvalue weighted by Crippen LogP contribution is -2.12.